The van der Waals surface area contributed by atoms with Gasteiger partial charge in [0.25, 0.3) is 0 Å². The summed E-state index contributed by atoms with van der Waals surface area (Å²) in [5.41, 5.74) is 6.03. The Morgan fingerprint density at radius 1 is 1.36 bits per heavy atom. The molecular formula is C8H15N3. The molecule has 4 N–H and O–H groups in total. The molecule has 0 spiro atoms. The molecule has 11 heavy (non-hydrogen) atoms. The summed E-state index contributed by atoms with van der Waals surface area (Å²) in [6.45, 7) is 4.00. The van der Waals surface area contributed by atoms with Crippen molar-refractivity contribution in [2.45, 2.75) is 13.8 Å². The van der Waals surface area contributed by atoms with Gasteiger partial charge in [-0.15, -0.1) is 0 Å². The Hall–Kier alpha value is -1.22. The van der Waals surface area contributed by atoms with E-state index < -0.39 is 0 Å². The lowest BCUT2D eigenvalue weighted by Gasteiger charge is -2.15. The van der Waals surface area contributed by atoms with Gasteiger partial charge in [0.15, 0.2) is 0 Å². The molecule has 0 bridgehead atoms. The molecule has 0 radical (unpaired) electrons. The molecule has 0 saturated heterocycles. The van der Waals surface area contributed by atoms with Crippen molar-refractivity contribution in [2.75, 3.05) is 0 Å². The van der Waals surface area contributed by atoms with Crippen molar-refractivity contribution in [2.24, 2.45) is 11.6 Å². The number of allylic oxidation sites excluding steroid dienone is 3. The maximum atomic E-state index is 5.44. The van der Waals surface area contributed by atoms with E-state index in [1.54, 1.807) is 6.20 Å². The predicted octanol–water partition coefficient (Wildman–Crippen LogP) is 1.07. The molecule has 0 saturated carbocycles. The molecule has 3 heteroatoms. The largest absolute Gasteiger partial charge is 0.403 e. The van der Waals surface area contributed by atoms with Crippen LogP contribution in [0.2, 0.25) is 0 Å². The Morgan fingerprint density at radius 2 is 2.00 bits per heavy atom. The predicted molar refractivity (Wildman–Crippen MR) is 47.9 cm³/mol. The van der Waals surface area contributed by atoms with Crippen LogP contribution in [-0.2, 0) is 0 Å². The summed E-state index contributed by atoms with van der Waals surface area (Å²) in [5, 5.41) is 1.46. The van der Waals surface area contributed by atoms with Gasteiger partial charge in [-0.2, -0.15) is 0 Å². The van der Waals surface area contributed by atoms with Gasteiger partial charge in [-0.3, -0.25) is 5.01 Å². The van der Waals surface area contributed by atoms with Gasteiger partial charge in [-0.05, 0) is 12.2 Å². The summed E-state index contributed by atoms with van der Waals surface area (Å²) in [6.07, 6.45) is 8.74. The van der Waals surface area contributed by atoms with E-state index in [9.17, 15) is 0 Å². The summed E-state index contributed by atoms with van der Waals surface area (Å²) in [6, 6.07) is 0. The Morgan fingerprint density at radius 3 is 2.36 bits per heavy atom. The van der Waals surface area contributed by atoms with Gasteiger partial charge in [-0.1, -0.05) is 19.9 Å². The van der Waals surface area contributed by atoms with Crippen molar-refractivity contribution in [1.82, 2.24) is 5.01 Å². The van der Waals surface area contributed by atoms with Gasteiger partial charge >= 0.3 is 0 Å². The number of nitrogens with two attached hydrogens (primary N) is 2. The molecule has 0 aromatic heterocycles. The normalized spacial score (nSPS) is 18.1. The van der Waals surface area contributed by atoms with E-state index in [1.807, 2.05) is 32.1 Å². The fraction of sp³-hybridized carbons (Fsp3) is 0.250. The number of hydrazine groups is 1. The first-order chi connectivity index (χ1) is 5.34. The van der Waals surface area contributed by atoms with Crippen LogP contribution < -0.4 is 11.6 Å². The number of rotatable bonds is 0. The molecule has 0 amide bonds. The van der Waals surface area contributed by atoms with Gasteiger partial charge in [0, 0.05) is 12.4 Å². The van der Waals surface area contributed by atoms with E-state index in [0.717, 1.165) is 5.70 Å². The molecule has 3 nitrogen and oxygen atoms in total. The zero-order valence-electron chi connectivity index (χ0n) is 6.99. The van der Waals surface area contributed by atoms with Crippen LogP contribution in [-0.4, -0.2) is 5.01 Å². The lowest BCUT2D eigenvalue weighted by molar-refractivity contribution is 0.503. The van der Waals surface area contributed by atoms with E-state index in [1.165, 1.54) is 11.2 Å². The van der Waals surface area contributed by atoms with Crippen LogP contribution in [0.4, 0.5) is 0 Å². The molecule has 0 aliphatic carbocycles. The molecule has 0 fully saturated rings. The van der Waals surface area contributed by atoms with E-state index in [0.29, 0.717) is 0 Å². The van der Waals surface area contributed by atoms with Crippen molar-refractivity contribution in [3.05, 3.63) is 36.3 Å². The average Bonchev–Trinajstić information content (AvgIpc) is 2.09. The zero-order valence-corrected chi connectivity index (χ0v) is 6.99. The summed E-state index contributed by atoms with van der Waals surface area (Å²) in [5.74, 6) is 5.44. The van der Waals surface area contributed by atoms with Crippen LogP contribution in [0.1, 0.15) is 13.8 Å². The number of nitrogens with zero attached hydrogens (tertiary/aromatic N) is 1. The van der Waals surface area contributed by atoms with E-state index in [2.05, 4.69) is 0 Å². The highest BCUT2D eigenvalue weighted by Gasteiger charge is 1.97. The monoisotopic (exact) mass is 153 g/mol. The van der Waals surface area contributed by atoms with Gasteiger partial charge in [0.05, 0.1) is 5.70 Å². The number of hydrogen-bond donors (Lipinski definition) is 2. The second-order valence-electron chi connectivity index (χ2n) is 1.70. The minimum absolute atomic E-state index is 0.803. The van der Waals surface area contributed by atoms with Crippen LogP contribution >= 0.6 is 0 Å². The second-order valence-corrected chi connectivity index (χ2v) is 1.70. The Balaban J connectivity index is 0.000000461. The smallest absolute Gasteiger partial charge is 0.0722 e. The minimum Gasteiger partial charge on any atom is -0.403 e. The summed E-state index contributed by atoms with van der Waals surface area (Å²) >= 11 is 0. The van der Waals surface area contributed by atoms with Crippen LogP contribution in [0.25, 0.3) is 0 Å². The summed E-state index contributed by atoms with van der Waals surface area (Å²) in [7, 11) is 0. The third-order valence-electron chi connectivity index (χ3n) is 1.09. The molecule has 1 aliphatic rings. The van der Waals surface area contributed by atoms with Crippen molar-refractivity contribution in [1.29, 1.82) is 0 Å². The zero-order chi connectivity index (χ0) is 8.69. The highest BCUT2D eigenvalue weighted by molar-refractivity contribution is 5.25. The molecular weight excluding hydrogens is 138 g/mol. The maximum Gasteiger partial charge on any atom is 0.0722 e. The molecule has 62 valence electrons. The summed E-state index contributed by atoms with van der Waals surface area (Å²) in [4.78, 5) is 0. The SMILES string of the molecule is CC.N/C=C1/C=CC=CN1N. The van der Waals surface area contributed by atoms with Gasteiger partial charge < -0.3 is 5.73 Å². The van der Waals surface area contributed by atoms with E-state index in [4.69, 9.17) is 11.6 Å². The quantitative estimate of drug-likeness (QED) is 0.512. The molecule has 0 atom stereocenters. The van der Waals surface area contributed by atoms with Crippen molar-refractivity contribution in [3.8, 4) is 0 Å². The van der Waals surface area contributed by atoms with Crippen LogP contribution in [0.5, 0.6) is 0 Å². The third kappa shape index (κ3) is 2.91. The van der Waals surface area contributed by atoms with Gasteiger partial charge in [-0.25, -0.2) is 5.84 Å². The minimum atomic E-state index is 0.803. The molecule has 1 rings (SSSR count). The number of hydrogen-bond acceptors (Lipinski definition) is 3. The Bertz CT molecular complexity index is 180. The van der Waals surface area contributed by atoms with E-state index >= 15 is 0 Å². The average molecular weight is 153 g/mol. The molecule has 1 heterocycles. The van der Waals surface area contributed by atoms with Crippen molar-refractivity contribution >= 4 is 0 Å². The Kier molecular flexibility index (Phi) is 4.94. The lowest BCUT2D eigenvalue weighted by atomic mass is 10.3. The topological polar surface area (TPSA) is 55.3 Å². The van der Waals surface area contributed by atoms with Crippen LogP contribution in [0.3, 0.4) is 0 Å². The molecule has 1 aliphatic heterocycles. The molecule has 0 unspecified atom stereocenters. The maximum absolute atomic E-state index is 5.44. The van der Waals surface area contributed by atoms with Crippen molar-refractivity contribution in [3.63, 3.8) is 0 Å². The first-order valence-electron chi connectivity index (χ1n) is 3.65. The third-order valence-corrected chi connectivity index (χ3v) is 1.09. The van der Waals surface area contributed by atoms with Gasteiger partial charge in [0.2, 0.25) is 0 Å². The van der Waals surface area contributed by atoms with Crippen molar-refractivity contribution < 1.29 is 0 Å². The van der Waals surface area contributed by atoms with Crippen LogP contribution in [0.15, 0.2) is 36.3 Å². The Labute approximate surface area is 67.6 Å². The van der Waals surface area contributed by atoms with Crippen LogP contribution in [0, 0.1) is 0 Å². The van der Waals surface area contributed by atoms with E-state index in [-0.39, 0.29) is 0 Å². The molecule has 0 aromatic carbocycles. The second kappa shape index (κ2) is 5.56. The molecule has 0 aromatic rings. The first kappa shape index (κ1) is 9.78. The highest BCUT2D eigenvalue weighted by Crippen LogP contribution is 2.04. The lowest BCUT2D eigenvalue weighted by Crippen LogP contribution is -2.24. The fourth-order valence-electron chi connectivity index (χ4n) is 0.610. The standard InChI is InChI=1S/C6H9N3.C2H6/c7-5-6-3-1-2-4-9(6)8;1-2/h1-5H,7-8H2;1-2H3/b6-5-;. The van der Waals surface area contributed by atoms with Gasteiger partial charge in [0.1, 0.15) is 0 Å². The fourth-order valence-corrected chi connectivity index (χ4v) is 0.610. The summed E-state index contributed by atoms with van der Waals surface area (Å²) < 4.78 is 0. The highest BCUT2D eigenvalue weighted by atomic mass is 15.4. The first-order valence-corrected chi connectivity index (χ1v) is 3.65.